The molecular weight excluding hydrogens is 202 g/mol. The summed E-state index contributed by atoms with van der Waals surface area (Å²) < 4.78 is 0. The quantitative estimate of drug-likeness (QED) is 0.574. The predicted octanol–water partition coefficient (Wildman–Crippen LogP) is 3.79. The van der Waals surface area contributed by atoms with Gasteiger partial charge in [0.05, 0.1) is 0 Å². The number of hydrogen-bond donors (Lipinski definition) is 1. The Bertz CT molecular complexity index is 126. The minimum atomic E-state index is 0.776. The molecule has 0 aromatic rings. The van der Waals surface area contributed by atoms with Gasteiger partial charge in [-0.2, -0.15) is 11.8 Å². The lowest BCUT2D eigenvalue weighted by atomic mass is 10.0. The number of unbranched alkanes of at least 4 members (excludes halogenated alkanes) is 1. The molecule has 0 amide bonds. The lowest BCUT2D eigenvalue weighted by Crippen LogP contribution is -2.25. The van der Waals surface area contributed by atoms with E-state index >= 15 is 0 Å². The first kappa shape index (κ1) is 15.3. The van der Waals surface area contributed by atoms with E-state index in [1.54, 1.807) is 0 Å². The molecule has 1 unspecified atom stereocenters. The number of thioether (sulfide) groups is 1. The maximum Gasteiger partial charge on any atom is -0.00230 e. The summed E-state index contributed by atoms with van der Waals surface area (Å²) in [7, 11) is 0. The van der Waals surface area contributed by atoms with Crippen LogP contribution in [0, 0.1) is 11.8 Å². The molecule has 0 bridgehead atoms. The molecule has 0 aliphatic heterocycles. The van der Waals surface area contributed by atoms with Crippen LogP contribution in [-0.2, 0) is 0 Å². The molecule has 92 valence electrons. The van der Waals surface area contributed by atoms with Gasteiger partial charge in [-0.1, -0.05) is 34.1 Å². The normalized spacial score (nSPS) is 13.4. The topological polar surface area (TPSA) is 12.0 Å². The molecule has 0 rings (SSSR count). The van der Waals surface area contributed by atoms with Crippen molar-refractivity contribution >= 4 is 11.8 Å². The van der Waals surface area contributed by atoms with Crippen LogP contribution in [0.15, 0.2) is 0 Å². The van der Waals surface area contributed by atoms with E-state index in [2.05, 4.69) is 44.8 Å². The van der Waals surface area contributed by atoms with Gasteiger partial charge in [0.2, 0.25) is 0 Å². The maximum absolute atomic E-state index is 3.53. The lowest BCUT2D eigenvalue weighted by Gasteiger charge is -2.13. The van der Waals surface area contributed by atoms with E-state index < -0.39 is 0 Å². The first-order valence-corrected chi connectivity index (χ1v) is 7.60. The van der Waals surface area contributed by atoms with E-state index in [9.17, 15) is 0 Å². The van der Waals surface area contributed by atoms with Crippen molar-refractivity contribution < 1.29 is 0 Å². The third-order valence-corrected chi connectivity index (χ3v) is 3.47. The first-order chi connectivity index (χ1) is 7.16. The molecule has 0 spiro atoms. The first-order valence-electron chi connectivity index (χ1n) is 6.45. The largest absolute Gasteiger partial charge is 0.316 e. The van der Waals surface area contributed by atoms with Gasteiger partial charge in [-0.15, -0.1) is 0 Å². The highest BCUT2D eigenvalue weighted by atomic mass is 32.2. The van der Waals surface area contributed by atoms with Gasteiger partial charge in [-0.05, 0) is 49.3 Å². The molecule has 0 aromatic heterocycles. The van der Waals surface area contributed by atoms with Gasteiger partial charge in [0, 0.05) is 0 Å². The smallest absolute Gasteiger partial charge is 0.00230 e. The Hall–Kier alpha value is 0.310. The Kier molecular flexibility index (Phi) is 11.0. The van der Waals surface area contributed by atoms with Crippen molar-refractivity contribution in [1.82, 2.24) is 5.32 Å². The SMILES string of the molecule is CCSCCCCC(C)CNCC(C)C. The van der Waals surface area contributed by atoms with Crippen LogP contribution in [-0.4, -0.2) is 24.6 Å². The van der Waals surface area contributed by atoms with E-state index in [0.29, 0.717) is 0 Å². The van der Waals surface area contributed by atoms with Crippen LogP contribution in [0.25, 0.3) is 0 Å². The van der Waals surface area contributed by atoms with Crippen molar-refractivity contribution in [2.45, 2.75) is 47.0 Å². The lowest BCUT2D eigenvalue weighted by molar-refractivity contribution is 0.443. The van der Waals surface area contributed by atoms with Crippen LogP contribution in [0.1, 0.15) is 47.0 Å². The van der Waals surface area contributed by atoms with Gasteiger partial charge in [0.25, 0.3) is 0 Å². The summed E-state index contributed by atoms with van der Waals surface area (Å²) in [6, 6.07) is 0. The Morgan fingerprint density at radius 2 is 1.80 bits per heavy atom. The second kappa shape index (κ2) is 10.8. The van der Waals surface area contributed by atoms with Crippen LogP contribution in [0.3, 0.4) is 0 Å². The number of nitrogens with one attached hydrogen (secondary N) is 1. The Balaban J connectivity index is 3.15. The minimum absolute atomic E-state index is 0.776. The van der Waals surface area contributed by atoms with Crippen molar-refractivity contribution in [2.75, 3.05) is 24.6 Å². The molecule has 0 saturated heterocycles. The highest BCUT2D eigenvalue weighted by Gasteiger charge is 2.01. The predicted molar refractivity (Wildman–Crippen MR) is 73.7 cm³/mol. The van der Waals surface area contributed by atoms with Crippen molar-refractivity contribution in [2.24, 2.45) is 11.8 Å². The fourth-order valence-electron chi connectivity index (χ4n) is 1.56. The zero-order chi connectivity index (χ0) is 11.5. The second-order valence-electron chi connectivity index (χ2n) is 4.85. The molecule has 0 aromatic carbocycles. The summed E-state index contributed by atoms with van der Waals surface area (Å²) in [6.07, 6.45) is 4.18. The summed E-state index contributed by atoms with van der Waals surface area (Å²) >= 11 is 2.07. The van der Waals surface area contributed by atoms with Crippen LogP contribution >= 0.6 is 11.8 Å². The molecule has 1 nitrogen and oxygen atoms in total. The van der Waals surface area contributed by atoms with E-state index in [-0.39, 0.29) is 0 Å². The van der Waals surface area contributed by atoms with Gasteiger partial charge < -0.3 is 5.32 Å². The van der Waals surface area contributed by atoms with Crippen molar-refractivity contribution in [3.8, 4) is 0 Å². The minimum Gasteiger partial charge on any atom is -0.316 e. The van der Waals surface area contributed by atoms with E-state index in [4.69, 9.17) is 0 Å². The fourth-order valence-corrected chi connectivity index (χ4v) is 2.26. The van der Waals surface area contributed by atoms with E-state index in [0.717, 1.165) is 18.4 Å². The third-order valence-electron chi connectivity index (χ3n) is 2.49. The van der Waals surface area contributed by atoms with Crippen LogP contribution in [0.5, 0.6) is 0 Å². The Morgan fingerprint density at radius 3 is 2.40 bits per heavy atom. The molecule has 0 radical (unpaired) electrons. The molecule has 1 atom stereocenters. The molecule has 0 heterocycles. The fraction of sp³-hybridized carbons (Fsp3) is 1.00. The monoisotopic (exact) mass is 231 g/mol. The highest BCUT2D eigenvalue weighted by Crippen LogP contribution is 2.10. The van der Waals surface area contributed by atoms with Gasteiger partial charge in [-0.25, -0.2) is 0 Å². The average molecular weight is 231 g/mol. The summed E-state index contributed by atoms with van der Waals surface area (Å²) in [5.74, 6) is 4.24. The molecule has 0 aliphatic rings. The zero-order valence-corrected chi connectivity index (χ0v) is 11.8. The van der Waals surface area contributed by atoms with Gasteiger partial charge in [0.15, 0.2) is 0 Å². The second-order valence-corrected chi connectivity index (χ2v) is 6.24. The Morgan fingerprint density at radius 1 is 1.07 bits per heavy atom. The number of rotatable bonds is 10. The summed E-state index contributed by atoms with van der Waals surface area (Å²) in [5, 5.41) is 3.53. The molecule has 0 saturated carbocycles. The molecule has 2 heteroatoms. The maximum atomic E-state index is 3.53. The summed E-state index contributed by atoms with van der Waals surface area (Å²) in [5.41, 5.74) is 0. The molecule has 0 fully saturated rings. The standard InChI is InChI=1S/C13H29NS/c1-5-15-9-7-6-8-13(4)11-14-10-12(2)3/h12-14H,5-11H2,1-4H3. The van der Waals surface area contributed by atoms with Gasteiger partial charge in [-0.3, -0.25) is 0 Å². The van der Waals surface area contributed by atoms with Crippen LogP contribution in [0.4, 0.5) is 0 Å². The van der Waals surface area contributed by atoms with E-state index in [1.807, 2.05) is 0 Å². The summed E-state index contributed by atoms with van der Waals surface area (Å²) in [6.45, 7) is 11.5. The zero-order valence-electron chi connectivity index (χ0n) is 11.0. The molecular formula is C13H29NS. The van der Waals surface area contributed by atoms with Gasteiger partial charge >= 0.3 is 0 Å². The third kappa shape index (κ3) is 12.2. The van der Waals surface area contributed by atoms with Crippen LogP contribution in [0.2, 0.25) is 0 Å². The average Bonchev–Trinajstić information content (AvgIpc) is 2.17. The molecule has 15 heavy (non-hydrogen) atoms. The Labute approximate surface area is 101 Å². The van der Waals surface area contributed by atoms with Crippen molar-refractivity contribution in [1.29, 1.82) is 0 Å². The van der Waals surface area contributed by atoms with Crippen LogP contribution < -0.4 is 5.32 Å². The van der Waals surface area contributed by atoms with Crippen molar-refractivity contribution in [3.05, 3.63) is 0 Å². The van der Waals surface area contributed by atoms with Gasteiger partial charge in [0.1, 0.15) is 0 Å². The highest BCUT2D eigenvalue weighted by molar-refractivity contribution is 7.99. The summed E-state index contributed by atoms with van der Waals surface area (Å²) in [4.78, 5) is 0. The number of hydrogen-bond acceptors (Lipinski definition) is 2. The molecule has 1 N–H and O–H groups in total. The molecule has 0 aliphatic carbocycles. The van der Waals surface area contributed by atoms with E-state index in [1.165, 1.54) is 37.3 Å². The van der Waals surface area contributed by atoms with Crippen molar-refractivity contribution in [3.63, 3.8) is 0 Å².